The average Bonchev–Trinajstić information content (AvgIpc) is 2.35. The number of benzene rings is 1. The van der Waals surface area contributed by atoms with Crippen LogP contribution in [0.4, 0.5) is 0 Å². The highest BCUT2D eigenvalue weighted by molar-refractivity contribution is 5.49. The lowest BCUT2D eigenvalue weighted by molar-refractivity contribution is 0.408. The maximum Gasteiger partial charge on any atom is 0.125 e. The lowest BCUT2D eigenvalue weighted by Crippen LogP contribution is -1.93. The van der Waals surface area contributed by atoms with Crippen LogP contribution in [0.5, 0.6) is 5.75 Å². The van der Waals surface area contributed by atoms with E-state index in [0.29, 0.717) is 5.56 Å². The van der Waals surface area contributed by atoms with Gasteiger partial charge in [-0.25, -0.2) is 0 Å². The summed E-state index contributed by atoms with van der Waals surface area (Å²) in [5, 5.41) is 8.72. The molecule has 16 heavy (non-hydrogen) atoms. The van der Waals surface area contributed by atoms with Crippen LogP contribution in [0.25, 0.3) is 0 Å². The van der Waals surface area contributed by atoms with Gasteiger partial charge in [0.15, 0.2) is 0 Å². The first kappa shape index (κ1) is 16.9. The minimum atomic E-state index is 0.678. The summed E-state index contributed by atoms with van der Waals surface area (Å²) < 4.78 is 5.17. The molecule has 0 fully saturated rings. The minimum absolute atomic E-state index is 0.678. The molecule has 1 aromatic rings. The van der Waals surface area contributed by atoms with E-state index in [9.17, 15) is 0 Å². The molecule has 0 saturated carbocycles. The minimum Gasteiger partial charge on any atom is -0.496 e. The van der Waals surface area contributed by atoms with Crippen molar-refractivity contribution < 1.29 is 4.74 Å². The van der Waals surface area contributed by atoms with E-state index in [-0.39, 0.29) is 0 Å². The fraction of sp³-hybridized carbons (Fsp3) is 0.500. The van der Waals surface area contributed by atoms with Crippen molar-refractivity contribution in [3.63, 3.8) is 0 Å². The number of hydrogen-bond acceptors (Lipinski definition) is 2. The maximum atomic E-state index is 8.72. The quantitative estimate of drug-likeness (QED) is 0.710. The van der Waals surface area contributed by atoms with Crippen molar-refractivity contribution in [1.82, 2.24) is 0 Å². The van der Waals surface area contributed by atoms with Crippen LogP contribution in [0.15, 0.2) is 12.1 Å². The van der Waals surface area contributed by atoms with Gasteiger partial charge in [-0.2, -0.15) is 5.26 Å². The first-order valence-electron chi connectivity index (χ1n) is 5.75. The van der Waals surface area contributed by atoms with Crippen LogP contribution in [-0.2, 0) is 0 Å². The summed E-state index contributed by atoms with van der Waals surface area (Å²) in [4.78, 5) is 0. The lowest BCUT2D eigenvalue weighted by atomic mass is 10.1. The highest BCUT2D eigenvalue weighted by atomic mass is 16.5. The molecule has 0 heterocycles. The molecule has 0 aromatic heterocycles. The van der Waals surface area contributed by atoms with E-state index in [0.717, 1.165) is 16.9 Å². The maximum absolute atomic E-state index is 8.72. The van der Waals surface area contributed by atoms with Crippen LogP contribution in [0.2, 0.25) is 0 Å². The van der Waals surface area contributed by atoms with Gasteiger partial charge in [0.05, 0.1) is 18.7 Å². The Kier molecular flexibility index (Phi) is 10.6. The average molecular weight is 221 g/mol. The zero-order valence-corrected chi connectivity index (χ0v) is 11.5. The van der Waals surface area contributed by atoms with E-state index < -0.39 is 0 Å². The molecule has 0 radical (unpaired) electrons. The van der Waals surface area contributed by atoms with Gasteiger partial charge in [-0.3, -0.25) is 0 Å². The lowest BCUT2D eigenvalue weighted by Gasteiger charge is -2.08. The molecule has 0 N–H and O–H groups in total. The molecular weight excluding hydrogens is 198 g/mol. The van der Waals surface area contributed by atoms with Crippen molar-refractivity contribution in [2.24, 2.45) is 0 Å². The smallest absolute Gasteiger partial charge is 0.125 e. The van der Waals surface area contributed by atoms with Gasteiger partial charge < -0.3 is 4.74 Å². The molecule has 0 bridgehead atoms. The van der Waals surface area contributed by atoms with Gasteiger partial charge in [0.1, 0.15) is 5.75 Å². The van der Waals surface area contributed by atoms with Gasteiger partial charge in [0, 0.05) is 5.56 Å². The normalized spacial score (nSPS) is 7.62. The molecule has 0 aliphatic heterocycles. The molecule has 0 amide bonds. The van der Waals surface area contributed by atoms with Gasteiger partial charge in [-0.05, 0) is 25.5 Å². The van der Waals surface area contributed by atoms with Crippen molar-refractivity contribution in [3.8, 4) is 11.8 Å². The van der Waals surface area contributed by atoms with Gasteiger partial charge in [0.25, 0.3) is 0 Å². The summed E-state index contributed by atoms with van der Waals surface area (Å²) in [6, 6.07) is 5.82. The number of nitrogens with zero attached hydrogens (tertiary/aromatic N) is 1. The van der Waals surface area contributed by atoms with Crippen LogP contribution < -0.4 is 4.74 Å². The predicted octanol–water partition coefficient (Wildman–Crippen LogP) is 4.24. The Morgan fingerprint density at radius 3 is 1.94 bits per heavy atom. The molecule has 1 rings (SSSR count). The monoisotopic (exact) mass is 221 g/mol. The van der Waals surface area contributed by atoms with Crippen molar-refractivity contribution in [1.29, 1.82) is 5.26 Å². The van der Waals surface area contributed by atoms with Crippen molar-refractivity contribution in [2.45, 2.75) is 41.5 Å². The predicted molar refractivity (Wildman–Crippen MR) is 69.9 cm³/mol. The zero-order chi connectivity index (χ0) is 13.1. The topological polar surface area (TPSA) is 33.0 Å². The van der Waals surface area contributed by atoms with Gasteiger partial charge in [-0.1, -0.05) is 33.8 Å². The number of hydrogen-bond donors (Lipinski definition) is 0. The van der Waals surface area contributed by atoms with E-state index in [1.165, 1.54) is 0 Å². The Bertz CT molecular complexity index is 337. The van der Waals surface area contributed by atoms with E-state index in [1.54, 1.807) is 7.11 Å². The summed E-state index contributed by atoms with van der Waals surface area (Å²) in [5.41, 5.74) is 2.66. The Morgan fingerprint density at radius 2 is 1.56 bits per heavy atom. The highest BCUT2D eigenvalue weighted by Gasteiger charge is 2.06. The molecule has 0 atom stereocenters. The first-order valence-corrected chi connectivity index (χ1v) is 5.75. The van der Waals surface area contributed by atoms with E-state index in [4.69, 9.17) is 10.00 Å². The summed E-state index contributed by atoms with van der Waals surface area (Å²) in [5.74, 6) is 0.814. The molecule has 90 valence electrons. The third kappa shape index (κ3) is 4.35. The van der Waals surface area contributed by atoms with Crippen LogP contribution >= 0.6 is 0 Å². The van der Waals surface area contributed by atoms with E-state index in [2.05, 4.69) is 6.07 Å². The number of methoxy groups -OCH3 is 1. The third-order valence-electron chi connectivity index (χ3n) is 1.93. The summed E-state index contributed by atoms with van der Waals surface area (Å²) >= 11 is 0. The molecule has 2 nitrogen and oxygen atoms in total. The molecule has 2 heteroatoms. The van der Waals surface area contributed by atoms with Crippen molar-refractivity contribution in [2.75, 3.05) is 7.11 Å². The second kappa shape index (κ2) is 10.0. The Morgan fingerprint density at radius 1 is 1.06 bits per heavy atom. The van der Waals surface area contributed by atoms with E-state index in [1.807, 2.05) is 53.7 Å². The molecule has 0 aliphatic rings. The largest absolute Gasteiger partial charge is 0.496 e. The summed E-state index contributed by atoms with van der Waals surface area (Å²) in [6.07, 6.45) is 0. The Balaban J connectivity index is 0. The molecule has 0 unspecified atom stereocenters. The third-order valence-corrected chi connectivity index (χ3v) is 1.93. The van der Waals surface area contributed by atoms with Crippen LogP contribution in [0.1, 0.15) is 44.4 Å². The van der Waals surface area contributed by atoms with Crippen molar-refractivity contribution >= 4 is 0 Å². The number of rotatable bonds is 1. The van der Waals surface area contributed by atoms with Crippen LogP contribution in [0, 0.1) is 25.2 Å². The molecule has 1 aromatic carbocycles. The molecule has 0 spiro atoms. The molecular formula is C14H23NO. The molecule has 0 saturated heterocycles. The standard InChI is InChI=1S/C10H11NO.2C2H6/c1-7-4-5-9(6-11)8(2)10(7)12-3;2*1-2/h4-5H,1-3H3;2*1-2H3. The SMILES string of the molecule is CC.CC.COc1c(C)ccc(C#N)c1C. The van der Waals surface area contributed by atoms with Gasteiger partial charge in [0.2, 0.25) is 0 Å². The summed E-state index contributed by atoms with van der Waals surface area (Å²) in [7, 11) is 1.62. The second-order valence-electron chi connectivity index (χ2n) is 2.70. The fourth-order valence-corrected chi connectivity index (χ4v) is 1.26. The van der Waals surface area contributed by atoms with Crippen LogP contribution in [-0.4, -0.2) is 7.11 Å². The fourth-order valence-electron chi connectivity index (χ4n) is 1.26. The van der Waals surface area contributed by atoms with Gasteiger partial charge in [-0.15, -0.1) is 0 Å². The van der Waals surface area contributed by atoms with Gasteiger partial charge >= 0.3 is 0 Å². The molecule has 0 aliphatic carbocycles. The Hall–Kier alpha value is -1.49. The highest BCUT2D eigenvalue weighted by Crippen LogP contribution is 2.24. The van der Waals surface area contributed by atoms with E-state index >= 15 is 0 Å². The number of nitriles is 1. The summed E-state index contributed by atoms with van der Waals surface area (Å²) in [6.45, 7) is 11.9. The number of aryl methyl sites for hydroxylation is 1. The Labute approximate surface area is 99.9 Å². The second-order valence-corrected chi connectivity index (χ2v) is 2.70. The number of ether oxygens (including phenoxy) is 1. The van der Waals surface area contributed by atoms with Crippen LogP contribution in [0.3, 0.4) is 0 Å². The first-order chi connectivity index (χ1) is 7.70. The van der Waals surface area contributed by atoms with Crippen molar-refractivity contribution in [3.05, 3.63) is 28.8 Å². The zero-order valence-electron chi connectivity index (χ0n) is 11.5.